The van der Waals surface area contributed by atoms with E-state index in [0.717, 1.165) is 42.7 Å². The van der Waals surface area contributed by atoms with Crippen molar-refractivity contribution in [2.75, 3.05) is 5.32 Å². The standard InChI is InChI=1S/C14H18N2OS/c17-13(10-6-8-5-9(8)7-10)16-14-15-11-3-1-2-4-12(11)18-14/h8-10H,1-7H2,(H,15,16,17). The number of carbonyl (C=O) groups is 1. The quantitative estimate of drug-likeness (QED) is 0.890. The molecule has 3 aliphatic carbocycles. The highest BCUT2D eigenvalue weighted by Gasteiger charge is 2.48. The fourth-order valence-corrected chi connectivity index (χ4v) is 4.59. The first kappa shape index (κ1) is 11.0. The molecule has 2 unspecified atom stereocenters. The molecule has 1 aromatic rings. The Morgan fingerprint density at radius 1 is 1.17 bits per heavy atom. The summed E-state index contributed by atoms with van der Waals surface area (Å²) in [5, 5.41) is 3.89. The van der Waals surface area contributed by atoms with Crippen LogP contribution in [0.25, 0.3) is 0 Å². The van der Waals surface area contributed by atoms with Crippen molar-refractivity contribution in [3.05, 3.63) is 10.6 Å². The maximum atomic E-state index is 12.1. The van der Waals surface area contributed by atoms with Gasteiger partial charge in [0.25, 0.3) is 0 Å². The third-order valence-electron chi connectivity index (χ3n) is 4.69. The number of hydrogen-bond acceptors (Lipinski definition) is 3. The largest absolute Gasteiger partial charge is 0.302 e. The molecule has 4 heteroatoms. The molecule has 1 aromatic heterocycles. The molecule has 2 saturated carbocycles. The van der Waals surface area contributed by atoms with Crippen LogP contribution in [0.5, 0.6) is 0 Å². The van der Waals surface area contributed by atoms with Crippen LogP contribution in [0.4, 0.5) is 5.13 Å². The van der Waals surface area contributed by atoms with Gasteiger partial charge in [-0.05, 0) is 56.8 Å². The Bertz CT molecular complexity index is 462. The lowest BCUT2D eigenvalue weighted by atomic mass is 10.0. The average Bonchev–Trinajstić information content (AvgIpc) is 2.83. The molecule has 0 saturated heterocycles. The van der Waals surface area contributed by atoms with E-state index in [1.165, 1.54) is 29.8 Å². The molecule has 0 spiro atoms. The van der Waals surface area contributed by atoms with E-state index in [4.69, 9.17) is 0 Å². The van der Waals surface area contributed by atoms with Gasteiger partial charge in [-0.25, -0.2) is 4.98 Å². The van der Waals surface area contributed by atoms with Crippen molar-refractivity contribution < 1.29 is 4.79 Å². The highest BCUT2D eigenvalue weighted by molar-refractivity contribution is 7.15. The minimum absolute atomic E-state index is 0.216. The van der Waals surface area contributed by atoms with Crippen LogP contribution < -0.4 is 5.32 Å². The summed E-state index contributed by atoms with van der Waals surface area (Å²) in [4.78, 5) is 18.1. The van der Waals surface area contributed by atoms with Crippen LogP contribution in [0.2, 0.25) is 0 Å². The van der Waals surface area contributed by atoms with Gasteiger partial charge in [-0.2, -0.15) is 0 Å². The molecule has 2 fully saturated rings. The second-order valence-electron chi connectivity index (χ2n) is 6.01. The first-order valence-corrected chi connectivity index (χ1v) is 7.90. The molecule has 0 radical (unpaired) electrons. The van der Waals surface area contributed by atoms with Crippen LogP contribution in [-0.2, 0) is 17.6 Å². The lowest BCUT2D eigenvalue weighted by molar-refractivity contribution is -0.120. The summed E-state index contributed by atoms with van der Waals surface area (Å²) >= 11 is 1.69. The predicted octanol–water partition coefficient (Wildman–Crippen LogP) is 3.01. The number of nitrogens with one attached hydrogen (secondary N) is 1. The van der Waals surface area contributed by atoms with Gasteiger partial charge in [0, 0.05) is 10.8 Å². The number of amides is 1. The Morgan fingerprint density at radius 3 is 2.72 bits per heavy atom. The van der Waals surface area contributed by atoms with Crippen LogP contribution in [0.3, 0.4) is 0 Å². The number of anilines is 1. The zero-order valence-electron chi connectivity index (χ0n) is 10.4. The SMILES string of the molecule is O=C(Nc1nc2c(s1)CCCC2)C1CC2CC2C1. The number of nitrogens with zero attached hydrogens (tertiary/aromatic N) is 1. The fourth-order valence-electron chi connectivity index (χ4n) is 3.54. The van der Waals surface area contributed by atoms with Crippen molar-refractivity contribution in [1.82, 2.24) is 4.98 Å². The van der Waals surface area contributed by atoms with Gasteiger partial charge >= 0.3 is 0 Å². The van der Waals surface area contributed by atoms with Gasteiger partial charge in [0.05, 0.1) is 5.69 Å². The second-order valence-corrected chi connectivity index (χ2v) is 7.09. The zero-order valence-corrected chi connectivity index (χ0v) is 11.3. The van der Waals surface area contributed by atoms with E-state index in [-0.39, 0.29) is 11.8 Å². The van der Waals surface area contributed by atoms with E-state index >= 15 is 0 Å². The molecule has 4 rings (SSSR count). The second kappa shape index (κ2) is 4.05. The topological polar surface area (TPSA) is 42.0 Å². The summed E-state index contributed by atoms with van der Waals surface area (Å²) in [6, 6.07) is 0. The molecule has 1 amide bonds. The van der Waals surface area contributed by atoms with Gasteiger partial charge in [-0.3, -0.25) is 4.79 Å². The Hall–Kier alpha value is -0.900. The average molecular weight is 262 g/mol. The minimum Gasteiger partial charge on any atom is -0.302 e. The molecular formula is C14H18N2OS. The molecule has 3 nitrogen and oxygen atoms in total. The van der Waals surface area contributed by atoms with Crippen LogP contribution in [0, 0.1) is 17.8 Å². The number of aromatic nitrogens is 1. The van der Waals surface area contributed by atoms with Crippen LogP contribution >= 0.6 is 11.3 Å². The molecule has 96 valence electrons. The molecule has 2 atom stereocenters. The van der Waals surface area contributed by atoms with E-state index in [0.29, 0.717) is 0 Å². The Labute approximate surface area is 111 Å². The van der Waals surface area contributed by atoms with E-state index < -0.39 is 0 Å². The predicted molar refractivity (Wildman–Crippen MR) is 71.7 cm³/mol. The molecule has 0 aliphatic heterocycles. The summed E-state index contributed by atoms with van der Waals surface area (Å²) in [5.74, 6) is 2.21. The van der Waals surface area contributed by atoms with E-state index in [9.17, 15) is 4.79 Å². The van der Waals surface area contributed by atoms with Gasteiger partial charge in [0.2, 0.25) is 5.91 Å². The van der Waals surface area contributed by atoms with Crippen molar-refractivity contribution in [2.45, 2.75) is 44.9 Å². The number of fused-ring (bicyclic) bond motifs is 2. The van der Waals surface area contributed by atoms with Crippen molar-refractivity contribution in [2.24, 2.45) is 17.8 Å². The third kappa shape index (κ3) is 1.87. The number of hydrogen-bond donors (Lipinski definition) is 1. The monoisotopic (exact) mass is 262 g/mol. The molecule has 1 N–H and O–H groups in total. The van der Waals surface area contributed by atoms with Crippen LogP contribution in [0.15, 0.2) is 0 Å². The smallest absolute Gasteiger partial charge is 0.229 e. The first-order chi connectivity index (χ1) is 8.79. The summed E-state index contributed by atoms with van der Waals surface area (Å²) in [6.45, 7) is 0. The van der Waals surface area contributed by atoms with Gasteiger partial charge in [-0.1, -0.05) is 0 Å². The maximum Gasteiger partial charge on any atom is 0.229 e. The highest BCUT2D eigenvalue weighted by atomic mass is 32.1. The number of thiazole rings is 1. The summed E-state index contributed by atoms with van der Waals surface area (Å²) in [6.07, 6.45) is 8.36. The number of rotatable bonds is 2. The molecular weight excluding hydrogens is 244 g/mol. The zero-order chi connectivity index (χ0) is 12.1. The molecule has 0 bridgehead atoms. The van der Waals surface area contributed by atoms with Gasteiger partial charge in [-0.15, -0.1) is 11.3 Å². The van der Waals surface area contributed by atoms with Crippen molar-refractivity contribution in [1.29, 1.82) is 0 Å². The van der Waals surface area contributed by atoms with Crippen LogP contribution in [-0.4, -0.2) is 10.9 Å². The minimum atomic E-state index is 0.216. The maximum absolute atomic E-state index is 12.1. The summed E-state index contributed by atoms with van der Waals surface area (Å²) in [5.41, 5.74) is 1.23. The fraction of sp³-hybridized carbons (Fsp3) is 0.714. The number of carbonyl (C=O) groups excluding carboxylic acids is 1. The lowest BCUT2D eigenvalue weighted by Gasteiger charge is -2.09. The third-order valence-corrected chi connectivity index (χ3v) is 5.76. The van der Waals surface area contributed by atoms with E-state index in [2.05, 4.69) is 10.3 Å². The first-order valence-electron chi connectivity index (χ1n) is 7.09. The number of aryl methyl sites for hydroxylation is 2. The normalized spacial score (nSPS) is 32.8. The molecule has 0 aromatic carbocycles. The molecule has 3 aliphatic rings. The molecule has 1 heterocycles. The van der Waals surface area contributed by atoms with Gasteiger partial charge < -0.3 is 5.32 Å². The van der Waals surface area contributed by atoms with Crippen molar-refractivity contribution >= 4 is 22.4 Å². The van der Waals surface area contributed by atoms with Gasteiger partial charge in [0.15, 0.2) is 5.13 Å². The van der Waals surface area contributed by atoms with E-state index in [1.54, 1.807) is 11.3 Å². The van der Waals surface area contributed by atoms with Gasteiger partial charge in [0.1, 0.15) is 0 Å². The Balaban J connectivity index is 1.44. The van der Waals surface area contributed by atoms with Crippen molar-refractivity contribution in [3.63, 3.8) is 0 Å². The van der Waals surface area contributed by atoms with E-state index in [1.807, 2.05) is 0 Å². The summed E-state index contributed by atoms with van der Waals surface area (Å²) < 4.78 is 0. The van der Waals surface area contributed by atoms with Crippen molar-refractivity contribution in [3.8, 4) is 0 Å². The summed E-state index contributed by atoms with van der Waals surface area (Å²) in [7, 11) is 0. The highest BCUT2D eigenvalue weighted by Crippen LogP contribution is 2.54. The van der Waals surface area contributed by atoms with Crippen LogP contribution in [0.1, 0.15) is 42.7 Å². The molecule has 18 heavy (non-hydrogen) atoms. The Morgan fingerprint density at radius 2 is 1.94 bits per heavy atom. The Kier molecular flexibility index (Phi) is 2.47. The lowest BCUT2D eigenvalue weighted by Crippen LogP contribution is -2.21.